The third-order valence-corrected chi connectivity index (χ3v) is 4.18. The van der Waals surface area contributed by atoms with E-state index < -0.39 is 15.6 Å². The lowest BCUT2D eigenvalue weighted by Gasteiger charge is -2.18. The van der Waals surface area contributed by atoms with Crippen LogP contribution in [0.25, 0.3) is 0 Å². The summed E-state index contributed by atoms with van der Waals surface area (Å²) in [6, 6.07) is 0. The van der Waals surface area contributed by atoms with Gasteiger partial charge in [0.25, 0.3) is 0 Å². The average molecular weight is 236 g/mol. The lowest BCUT2D eigenvalue weighted by molar-refractivity contribution is 0.0689. The Morgan fingerprint density at radius 1 is 1.53 bits per heavy atom. The first-order valence-corrected chi connectivity index (χ1v) is 6.86. The van der Waals surface area contributed by atoms with Crippen LogP contribution < -0.4 is 4.72 Å². The first-order valence-electron chi connectivity index (χ1n) is 5.21. The molecule has 6 heteroatoms. The highest BCUT2D eigenvalue weighted by Crippen LogP contribution is 2.19. The number of likely N-dealkylation sites (tertiary alicyclic amines) is 1. The summed E-state index contributed by atoms with van der Waals surface area (Å²) in [5, 5.41) is 9.70. The molecule has 90 valence electrons. The van der Waals surface area contributed by atoms with E-state index in [2.05, 4.69) is 9.62 Å². The smallest absolute Gasteiger partial charge is 0.211 e. The molecule has 0 spiro atoms. The molecule has 0 aromatic carbocycles. The molecule has 0 saturated carbocycles. The molecule has 0 aromatic rings. The molecular weight excluding hydrogens is 216 g/mol. The van der Waals surface area contributed by atoms with Gasteiger partial charge in [0.2, 0.25) is 10.0 Å². The summed E-state index contributed by atoms with van der Waals surface area (Å²) in [6.45, 7) is 4.05. The number of hydrogen-bond acceptors (Lipinski definition) is 4. The SMILES string of the molecule is CNS(=O)(=O)CCCN1CCC(C)(O)C1. The molecule has 1 aliphatic rings. The van der Waals surface area contributed by atoms with E-state index in [4.69, 9.17) is 0 Å². The minimum atomic E-state index is -3.08. The van der Waals surface area contributed by atoms with Crippen LogP contribution >= 0.6 is 0 Å². The highest BCUT2D eigenvalue weighted by molar-refractivity contribution is 7.89. The van der Waals surface area contributed by atoms with Crippen molar-refractivity contribution < 1.29 is 13.5 Å². The Morgan fingerprint density at radius 3 is 2.67 bits per heavy atom. The Kier molecular flexibility index (Phi) is 4.11. The number of β-amino-alcohol motifs (C(OH)–C–C–N with tert-alkyl or cyclic N) is 1. The summed E-state index contributed by atoms with van der Waals surface area (Å²) in [4.78, 5) is 2.10. The zero-order valence-electron chi connectivity index (χ0n) is 9.36. The first-order chi connectivity index (χ1) is 6.85. The molecule has 1 saturated heterocycles. The molecule has 1 heterocycles. The molecule has 0 amide bonds. The summed E-state index contributed by atoms with van der Waals surface area (Å²) < 4.78 is 24.5. The molecule has 0 bridgehead atoms. The van der Waals surface area contributed by atoms with Gasteiger partial charge in [0, 0.05) is 13.1 Å². The van der Waals surface area contributed by atoms with Crippen LogP contribution in [0, 0.1) is 0 Å². The van der Waals surface area contributed by atoms with E-state index in [0.717, 1.165) is 19.5 Å². The van der Waals surface area contributed by atoms with Crippen LogP contribution in [-0.4, -0.2) is 56.5 Å². The largest absolute Gasteiger partial charge is 0.389 e. The molecule has 1 atom stereocenters. The highest BCUT2D eigenvalue weighted by Gasteiger charge is 2.30. The van der Waals surface area contributed by atoms with Gasteiger partial charge in [-0.05, 0) is 33.4 Å². The topological polar surface area (TPSA) is 69.6 Å². The average Bonchev–Trinajstić information content (AvgIpc) is 2.45. The van der Waals surface area contributed by atoms with Crippen molar-refractivity contribution in [3.8, 4) is 0 Å². The van der Waals surface area contributed by atoms with E-state index in [1.165, 1.54) is 7.05 Å². The van der Waals surface area contributed by atoms with E-state index >= 15 is 0 Å². The van der Waals surface area contributed by atoms with Gasteiger partial charge in [0.1, 0.15) is 0 Å². The second kappa shape index (κ2) is 4.78. The summed E-state index contributed by atoms with van der Waals surface area (Å²) in [5.74, 6) is 0.155. The molecular formula is C9H20N2O3S. The fourth-order valence-corrected chi connectivity index (χ4v) is 2.52. The van der Waals surface area contributed by atoms with Gasteiger partial charge in [0.05, 0.1) is 11.4 Å². The molecule has 0 radical (unpaired) electrons. The number of nitrogens with one attached hydrogen (secondary N) is 1. The van der Waals surface area contributed by atoms with Crippen molar-refractivity contribution >= 4 is 10.0 Å². The quantitative estimate of drug-likeness (QED) is 0.667. The summed E-state index contributed by atoms with van der Waals surface area (Å²) in [7, 11) is -1.65. The van der Waals surface area contributed by atoms with Gasteiger partial charge in [0.15, 0.2) is 0 Å². The predicted molar refractivity (Wildman–Crippen MR) is 59.1 cm³/mol. The van der Waals surface area contributed by atoms with E-state index in [0.29, 0.717) is 13.0 Å². The number of aliphatic hydroxyl groups is 1. The van der Waals surface area contributed by atoms with Crippen LogP contribution in [0.3, 0.4) is 0 Å². The van der Waals surface area contributed by atoms with Gasteiger partial charge in [-0.15, -0.1) is 0 Å². The minimum Gasteiger partial charge on any atom is -0.389 e. The van der Waals surface area contributed by atoms with Gasteiger partial charge >= 0.3 is 0 Å². The predicted octanol–water partition coefficient (Wildman–Crippen LogP) is -0.618. The van der Waals surface area contributed by atoms with Crippen LogP contribution in [0.1, 0.15) is 19.8 Å². The molecule has 15 heavy (non-hydrogen) atoms. The van der Waals surface area contributed by atoms with Crippen molar-refractivity contribution in [2.75, 3.05) is 32.4 Å². The van der Waals surface area contributed by atoms with Crippen molar-refractivity contribution in [2.24, 2.45) is 0 Å². The third kappa shape index (κ3) is 4.46. The van der Waals surface area contributed by atoms with Crippen LogP contribution in [0.5, 0.6) is 0 Å². The second-order valence-corrected chi connectivity index (χ2v) is 6.45. The Balaban J connectivity index is 2.23. The third-order valence-electron chi connectivity index (χ3n) is 2.73. The maximum atomic E-state index is 11.1. The zero-order valence-corrected chi connectivity index (χ0v) is 10.2. The number of hydrogen-bond donors (Lipinski definition) is 2. The summed E-state index contributed by atoms with van der Waals surface area (Å²) in [6.07, 6.45) is 1.38. The molecule has 0 aliphatic carbocycles. The Hall–Kier alpha value is -0.170. The number of rotatable bonds is 5. The molecule has 5 nitrogen and oxygen atoms in total. The molecule has 1 aliphatic heterocycles. The van der Waals surface area contributed by atoms with E-state index in [-0.39, 0.29) is 5.75 Å². The van der Waals surface area contributed by atoms with Gasteiger partial charge in [-0.25, -0.2) is 13.1 Å². The van der Waals surface area contributed by atoms with Gasteiger partial charge in [-0.2, -0.15) is 0 Å². The fraction of sp³-hybridized carbons (Fsp3) is 1.00. The lowest BCUT2D eigenvalue weighted by atomic mass is 10.1. The summed E-state index contributed by atoms with van der Waals surface area (Å²) >= 11 is 0. The van der Waals surface area contributed by atoms with E-state index in [1.54, 1.807) is 0 Å². The van der Waals surface area contributed by atoms with Crippen LogP contribution in [0.4, 0.5) is 0 Å². The number of nitrogens with zero attached hydrogens (tertiary/aromatic N) is 1. The lowest BCUT2D eigenvalue weighted by Crippen LogP contribution is -2.31. The van der Waals surface area contributed by atoms with Crippen molar-refractivity contribution in [1.29, 1.82) is 0 Å². The van der Waals surface area contributed by atoms with Gasteiger partial charge in [-0.3, -0.25) is 0 Å². The minimum absolute atomic E-state index is 0.155. The van der Waals surface area contributed by atoms with Crippen LogP contribution in [0.15, 0.2) is 0 Å². The Bertz CT molecular complexity index is 300. The standard InChI is InChI=1S/C9H20N2O3S/c1-9(12)4-6-11(8-9)5-3-7-15(13,14)10-2/h10,12H,3-8H2,1-2H3. The van der Waals surface area contributed by atoms with Gasteiger partial charge < -0.3 is 10.0 Å². The first kappa shape index (κ1) is 12.9. The zero-order chi connectivity index (χ0) is 11.5. The second-order valence-electron chi connectivity index (χ2n) is 4.40. The molecule has 0 aromatic heterocycles. The fourth-order valence-electron chi connectivity index (χ4n) is 1.81. The molecule has 1 rings (SSSR count). The Labute approximate surface area is 91.5 Å². The van der Waals surface area contributed by atoms with Crippen molar-refractivity contribution in [3.63, 3.8) is 0 Å². The van der Waals surface area contributed by atoms with E-state index in [9.17, 15) is 13.5 Å². The van der Waals surface area contributed by atoms with Crippen LogP contribution in [0.2, 0.25) is 0 Å². The monoisotopic (exact) mass is 236 g/mol. The van der Waals surface area contributed by atoms with Crippen molar-refractivity contribution in [1.82, 2.24) is 9.62 Å². The van der Waals surface area contributed by atoms with E-state index in [1.807, 2.05) is 6.92 Å². The van der Waals surface area contributed by atoms with Crippen molar-refractivity contribution in [3.05, 3.63) is 0 Å². The molecule has 1 unspecified atom stereocenters. The maximum absolute atomic E-state index is 11.1. The summed E-state index contributed by atoms with van der Waals surface area (Å²) in [5.41, 5.74) is -0.595. The highest BCUT2D eigenvalue weighted by atomic mass is 32.2. The normalized spacial score (nSPS) is 28.5. The maximum Gasteiger partial charge on any atom is 0.211 e. The van der Waals surface area contributed by atoms with Crippen molar-refractivity contribution in [2.45, 2.75) is 25.4 Å². The molecule has 2 N–H and O–H groups in total. The Morgan fingerprint density at radius 2 is 2.20 bits per heavy atom. The number of sulfonamides is 1. The molecule has 1 fully saturated rings. The van der Waals surface area contributed by atoms with Gasteiger partial charge in [-0.1, -0.05) is 0 Å². The van der Waals surface area contributed by atoms with Crippen LogP contribution in [-0.2, 0) is 10.0 Å².